The van der Waals surface area contributed by atoms with E-state index in [1.54, 1.807) is 0 Å². The topological polar surface area (TPSA) is 17.1 Å². The van der Waals surface area contributed by atoms with Crippen LogP contribution in [0.2, 0.25) is 0 Å². The summed E-state index contributed by atoms with van der Waals surface area (Å²) in [6, 6.07) is 40.2. The van der Waals surface area contributed by atoms with Crippen molar-refractivity contribution in [2.45, 2.75) is 0 Å². The highest BCUT2D eigenvalue weighted by Crippen LogP contribution is 2.64. The zero-order valence-electron chi connectivity index (χ0n) is 16.1. The minimum atomic E-state index is -3.07. The molecule has 1 nitrogen and oxygen atoms in total. The van der Waals surface area contributed by atoms with Crippen molar-refractivity contribution in [2.75, 3.05) is 0 Å². The second-order valence-electron chi connectivity index (χ2n) is 6.70. The van der Waals surface area contributed by atoms with E-state index in [2.05, 4.69) is 30.8 Å². The second-order valence-corrected chi connectivity index (χ2v) is 12.1. The number of hydrogen-bond acceptors (Lipinski definition) is 1. The molecule has 0 heterocycles. The maximum Gasteiger partial charge on any atom is 0.171 e. The van der Waals surface area contributed by atoms with Gasteiger partial charge in [0.05, 0.1) is 0 Å². The van der Waals surface area contributed by atoms with Gasteiger partial charge in [-0.15, -0.1) is 0 Å². The lowest BCUT2D eigenvalue weighted by Gasteiger charge is -2.29. The van der Waals surface area contributed by atoms with Crippen LogP contribution < -0.4 is 21.2 Å². The fraction of sp³-hybridized carbons (Fsp3) is 0. The van der Waals surface area contributed by atoms with Gasteiger partial charge in [-0.2, -0.15) is 0 Å². The average Bonchev–Trinajstić information content (AvgIpc) is 2.81. The SMILES string of the molecule is C=C(P(c1ccccc1)c1ccccc1)P(=O)(c1ccccc1)c1ccccc1. The van der Waals surface area contributed by atoms with Gasteiger partial charge in [0.25, 0.3) is 0 Å². The fourth-order valence-electron chi connectivity index (χ4n) is 3.47. The Bertz CT molecular complexity index is 1040. The number of benzene rings is 4. The molecule has 3 heteroatoms. The summed E-state index contributed by atoms with van der Waals surface area (Å²) in [5.41, 5.74) is 0. The summed E-state index contributed by atoms with van der Waals surface area (Å²) in [7, 11) is -4.07. The first kappa shape index (κ1) is 19.6. The van der Waals surface area contributed by atoms with Crippen LogP contribution in [0.3, 0.4) is 0 Å². The highest BCUT2D eigenvalue weighted by Gasteiger charge is 2.36. The molecular formula is C26H22OP2. The zero-order chi connectivity index (χ0) is 20.1. The first-order valence-electron chi connectivity index (χ1n) is 9.52. The monoisotopic (exact) mass is 412 g/mol. The fourth-order valence-corrected chi connectivity index (χ4v) is 9.89. The van der Waals surface area contributed by atoms with E-state index in [4.69, 9.17) is 0 Å². The van der Waals surface area contributed by atoms with Gasteiger partial charge in [-0.05, 0) is 18.5 Å². The van der Waals surface area contributed by atoms with Crippen molar-refractivity contribution in [3.05, 3.63) is 133 Å². The molecule has 0 aliphatic rings. The van der Waals surface area contributed by atoms with Crippen LogP contribution in [0.15, 0.2) is 133 Å². The van der Waals surface area contributed by atoms with Crippen LogP contribution in [0, 0.1) is 0 Å². The van der Waals surface area contributed by atoms with Gasteiger partial charge >= 0.3 is 0 Å². The van der Waals surface area contributed by atoms with E-state index in [9.17, 15) is 4.57 Å². The molecule has 0 saturated heterocycles. The maximum absolute atomic E-state index is 14.8. The van der Waals surface area contributed by atoms with E-state index in [0.29, 0.717) is 0 Å². The van der Waals surface area contributed by atoms with E-state index in [1.807, 2.05) is 97.1 Å². The van der Waals surface area contributed by atoms with Crippen LogP contribution in [-0.2, 0) is 4.57 Å². The maximum atomic E-state index is 14.8. The molecular weight excluding hydrogens is 390 g/mol. The Kier molecular flexibility index (Phi) is 5.91. The van der Waals surface area contributed by atoms with Crippen LogP contribution >= 0.6 is 15.1 Å². The smallest absolute Gasteiger partial charge is 0.171 e. The minimum absolute atomic E-state index is 0.794. The van der Waals surface area contributed by atoms with Crippen molar-refractivity contribution in [1.82, 2.24) is 0 Å². The predicted molar refractivity (Wildman–Crippen MR) is 128 cm³/mol. The van der Waals surface area contributed by atoms with Crippen molar-refractivity contribution in [3.63, 3.8) is 0 Å². The normalized spacial score (nSPS) is 11.3. The molecule has 4 aromatic carbocycles. The van der Waals surface area contributed by atoms with Gasteiger partial charge in [0.15, 0.2) is 7.14 Å². The van der Waals surface area contributed by atoms with Gasteiger partial charge in [0.1, 0.15) is 0 Å². The molecule has 0 radical (unpaired) electrons. The first-order chi connectivity index (χ1) is 14.2. The van der Waals surface area contributed by atoms with Gasteiger partial charge in [-0.3, -0.25) is 0 Å². The molecule has 0 saturated carbocycles. The molecule has 0 atom stereocenters. The summed E-state index contributed by atoms with van der Waals surface area (Å²) in [6.45, 7) is 4.50. The average molecular weight is 412 g/mol. The Morgan fingerprint density at radius 2 is 0.862 bits per heavy atom. The molecule has 0 N–H and O–H groups in total. The number of hydrogen-bond donors (Lipinski definition) is 0. The van der Waals surface area contributed by atoms with E-state index >= 15 is 0 Å². The largest absolute Gasteiger partial charge is 0.309 e. The van der Waals surface area contributed by atoms with Crippen molar-refractivity contribution in [3.8, 4) is 0 Å². The molecule has 0 unspecified atom stereocenters. The van der Waals surface area contributed by atoms with Crippen molar-refractivity contribution >= 4 is 36.3 Å². The third-order valence-electron chi connectivity index (χ3n) is 4.89. The summed E-state index contributed by atoms with van der Waals surface area (Å²) in [4.78, 5) is 0. The molecule has 0 bridgehead atoms. The molecule has 0 aromatic heterocycles. The van der Waals surface area contributed by atoms with Crippen LogP contribution in [0.25, 0.3) is 0 Å². The summed E-state index contributed by atoms with van der Waals surface area (Å²) >= 11 is 0. The third-order valence-corrected chi connectivity index (χ3v) is 11.3. The molecule has 142 valence electrons. The molecule has 0 spiro atoms. The highest BCUT2D eigenvalue weighted by molar-refractivity contribution is 7.97. The molecule has 0 aliphatic carbocycles. The Hall–Kier alpha value is -2.72. The number of rotatable bonds is 6. The first-order valence-corrected chi connectivity index (χ1v) is 12.6. The molecule has 29 heavy (non-hydrogen) atoms. The van der Waals surface area contributed by atoms with E-state index in [1.165, 1.54) is 0 Å². The van der Waals surface area contributed by atoms with Gasteiger partial charge in [-0.1, -0.05) is 128 Å². The Morgan fingerprint density at radius 3 is 1.21 bits per heavy atom. The third kappa shape index (κ3) is 3.90. The standard InChI is InChI=1S/C26H22OP2/c1-22(28(23-14-6-2-7-15-23)24-16-8-3-9-17-24)29(27,25-18-10-4-11-19-25)26-20-12-5-13-21-26/h2-21H,1H2. The lowest BCUT2D eigenvalue weighted by Crippen LogP contribution is -2.21. The molecule has 4 rings (SSSR count). The summed E-state index contributed by atoms with van der Waals surface area (Å²) in [6.07, 6.45) is 0. The Morgan fingerprint density at radius 1 is 0.552 bits per heavy atom. The molecule has 4 aromatic rings. The van der Waals surface area contributed by atoms with E-state index in [0.717, 1.165) is 26.3 Å². The van der Waals surface area contributed by atoms with Crippen LogP contribution in [0.5, 0.6) is 0 Å². The molecule has 0 aliphatic heterocycles. The Balaban J connectivity index is 1.94. The van der Waals surface area contributed by atoms with Crippen molar-refractivity contribution < 1.29 is 4.57 Å². The zero-order valence-corrected chi connectivity index (χ0v) is 17.8. The van der Waals surface area contributed by atoms with Crippen LogP contribution in [0.1, 0.15) is 0 Å². The second kappa shape index (κ2) is 8.75. The lowest BCUT2D eigenvalue weighted by molar-refractivity contribution is 0.591. The van der Waals surface area contributed by atoms with E-state index in [-0.39, 0.29) is 0 Å². The van der Waals surface area contributed by atoms with Crippen molar-refractivity contribution in [1.29, 1.82) is 0 Å². The summed E-state index contributed by atoms with van der Waals surface area (Å²) in [5.74, 6) is 0. The Labute approximate surface area is 173 Å². The van der Waals surface area contributed by atoms with E-state index < -0.39 is 15.1 Å². The molecule has 0 amide bonds. The lowest BCUT2D eigenvalue weighted by atomic mass is 10.4. The highest BCUT2D eigenvalue weighted by atomic mass is 31.2. The van der Waals surface area contributed by atoms with Crippen LogP contribution in [0.4, 0.5) is 0 Å². The quantitative estimate of drug-likeness (QED) is 0.377. The summed E-state index contributed by atoms with van der Waals surface area (Å²) in [5, 5.41) is 4.77. The van der Waals surface area contributed by atoms with Gasteiger partial charge in [0, 0.05) is 15.7 Å². The predicted octanol–water partition coefficient (Wildman–Crippen LogP) is 5.60. The van der Waals surface area contributed by atoms with Gasteiger partial charge in [-0.25, -0.2) is 0 Å². The minimum Gasteiger partial charge on any atom is -0.309 e. The van der Waals surface area contributed by atoms with Gasteiger partial charge < -0.3 is 4.57 Å². The van der Waals surface area contributed by atoms with Crippen molar-refractivity contribution in [2.24, 2.45) is 0 Å². The summed E-state index contributed by atoms with van der Waals surface area (Å²) < 4.78 is 14.8. The molecule has 0 fully saturated rings. The van der Waals surface area contributed by atoms with Gasteiger partial charge in [0.2, 0.25) is 0 Å². The van der Waals surface area contributed by atoms with Crippen LogP contribution in [-0.4, -0.2) is 0 Å².